The molecule has 178 valence electrons. The van der Waals surface area contributed by atoms with Crippen LogP contribution < -0.4 is 10.6 Å². The van der Waals surface area contributed by atoms with Crippen LogP contribution in [0.2, 0.25) is 0 Å². The van der Waals surface area contributed by atoms with Crippen molar-refractivity contribution in [2.24, 2.45) is 0 Å². The van der Waals surface area contributed by atoms with Gasteiger partial charge in [0.25, 0.3) is 0 Å². The molecule has 0 radical (unpaired) electrons. The molecule has 2 aliphatic carbocycles. The van der Waals surface area contributed by atoms with Crippen LogP contribution in [0.5, 0.6) is 0 Å². The first kappa shape index (κ1) is 22.6. The fourth-order valence-corrected chi connectivity index (χ4v) is 4.77. The zero-order valence-corrected chi connectivity index (χ0v) is 18.7. The van der Waals surface area contributed by atoms with Gasteiger partial charge in [0, 0.05) is 5.92 Å². The van der Waals surface area contributed by atoms with Gasteiger partial charge in [-0.15, -0.1) is 0 Å². The second kappa shape index (κ2) is 8.87. The third-order valence-electron chi connectivity index (χ3n) is 6.79. The summed E-state index contributed by atoms with van der Waals surface area (Å²) in [5.41, 5.74) is 2.71. The van der Waals surface area contributed by atoms with E-state index >= 15 is 0 Å². The van der Waals surface area contributed by atoms with Gasteiger partial charge >= 0.3 is 12.1 Å². The van der Waals surface area contributed by atoms with Gasteiger partial charge in [-0.25, -0.2) is 14.0 Å². The average molecular weight is 474 g/mol. The molecule has 3 N–H and O–H groups in total. The molecule has 0 aliphatic heterocycles. The molecule has 3 aromatic rings. The number of anilines is 1. The van der Waals surface area contributed by atoms with Crippen LogP contribution >= 0.6 is 0 Å². The summed E-state index contributed by atoms with van der Waals surface area (Å²) >= 11 is 0. The number of amides is 2. The van der Waals surface area contributed by atoms with E-state index in [9.17, 15) is 18.8 Å². The maximum atomic E-state index is 14.2. The molecule has 0 aromatic heterocycles. The molecule has 8 heteroatoms. The zero-order valence-electron chi connectivity index (χ0n) is 18.7. The van der Waals surface area contributed by atoms with Gasteiger partial charge in [0.1, 0.15) is 18.0 Å². The fraction of sp³-hybridized carbons (Fsp3) is 0.222. The van der Waals surface area contributed by atoms with Gasteiger partial charge < -0.3 is 20.5 Å². The monoisotopic (exact) mass is 474 g/mol. The molecule has 1 saturated carbocycles. The summed E-state index contributed by atoms with van der Waals surface area (Å²) in [7, 11) is 0. The van der Waals surface area contributed by atoms with Gasteiger partial charge in [-0.1, -0.05) is 48.5 Å². The third-order valence-corrected chi connectivity index (χ3v) is 6.79. The van der Waals surface area contributed by atoms with Crippen molar-refractivity contribution in [2.75, 3.05) is 11.9 Å². The number of aromatic carboxylic acids is 1. The van der Waals surface area contributed by atoms with Crippen LogP contribution in [0.3, 0.4) is 0 Å². The third kappa shape index (κ3) is 4.12. The standard InChI is InChI=1S/C27H23FN2O5/c28-22-11-10-16(24(31)32)14-23(22)29-25(33)27(12-5-13-27)30-26(34)35-15-21-19-8-3-1-6-17(19)18-7-2-4-9-20(18)21/h1-4,6-11,14,21H,5,12-13,15H2,(H,29,33)(H,30,34)(H,31,32). The molecule has 5 rings (SSSR count). The molecule has 0 heterocycles. The number of carbonyl (C=O) groups excluding carboxylic acids is 2. The smallest absolute Gasteiger partial charge is 0.408 e. The van der Waals surface area contributed by atoms with Crippen LogP contribution in [0.4, 0.5) is 14.9 Å². The number of hydrogen-bond acceptors (Lipinski definition) is 4. The second-order valence-electron chi connectivity index (χ2n) is 8.84. The van der Waals surface area contributed by atoms with Crippen molar-refractivity contribution in [3.63, 3.8) is 0 Å². The van der Waals surface area contributed by atoms with Crippen LogP contribution in [0.1, 0.15) is 46.7 Å². The largest absolute Gasteiger partial charge is 0.478 e. The summed E-state index contributed by atoms with van der Waals surface area (Å²) in [5.74, 6) is -2.74. The molecular weight excluding hydrogens is 451 g/mol. The van der Waals surface area contributed by atoms with Crippen LogP contribution in [-0.4, -0.2) is 35.2 Å². The first-order valence-corrected chi connectivity index (χ1v) is 11.4. The Morgan fingerprint density at radius 1 is 0.971 bits per heavy atom. The minimum Gasteiger partial charge on any atom is -0.478 e. The number of halogens is 1. The first-order chi connectivity index (χ1) is 16.9. The Labute approximate surface area is 200 Å². The molecule has 2 aliphatic rings. The number of rotatable bonds is 6. The van der Waals surface area contributed by atoms with Crippen molar-refractivity contribution in [1.82, 2.24) is 5.32 Å². The summed E-state index contributed by atoms with van der Waals surface area (Å²) in [6, 6.07) is 19.1. The van der Waals surface area contributed by atoms with Crippen LogP contribution in [0, 0.1) is 5.82 Å². The maximum Gasteiger partial charge on any atom is 0.408 e. The molecular formula is C27H23FN2O5. The molecule has 0 unspecified atom stereocenters. The topological polar surface area (TPSA) is 105 Å². The summed E-state index contributed by atoms with van der Waals surface area (Å²) in [6.07, 6.45) is 0.697. The predicted molar refractivity (Wildman–Crippen MR) is 127 cm³/mol. The van der Waals surface area contributed by atoms with E-state index in [1.165, 1.54) is 0 Å². The van der Waals surface area contributed by atoms with Gasteiger partial charge in [0.05, 0.1) is 11.3 Å². The molecule has 3 aromatic carbocycles. The first-order valence-electron chi connectivity index (χ1n) is 11.4. The lowest BCUT2D eigenvalue weighted by Crippen LogP contribution is -2.61. The Bertz CT molecular complexity index is 1290. The van der Waals surface area contributed by atoms with E-state index in [2.05, 4.69) is 10.6 Å². The van der Waals surface area contributed by atoms with Crippen molar-refractivity contribution in [3.05, 3.63) is 89.2 Å². The molecule has 0 saturated heterocycles. The van der Waals surface area contributed by atoms with E-state index < -0.39 is 29.3 Å². The summed E-state index contributed by atoms with van der Waals surface area (Å²) in [5, 5.41) is 14.2. The van der Waals surface area contributed by atoms with E-state index in [1.807, 2.05) is 48.5 Å². The normalized spacial score (nSPS) is 15.3. The molecule has 0 bridgehead atoms. The number of hydrogen-bond donors (Lipinski definition) is 3. The Hall–Kier alpha value is -4.20. The highest BCUT2D eigenvalue weighted by Crippen LogP contribution is 2.44. The van der Waals surface area contributed by atoms with Gasteiger partial charge in [-0.3, -0.25) is 4.79 Å². The van der Waals surface area contributed by atoms with E-state index in [0.717, 1.165) is 40.5 Å². The van der Waals surface area contributed by atoms with Crippen LogP contribution in [-0.2, 0) is 9.53 Å². The van der Waals surface area contributed by atoms with E-state index in [-0.39, 0.29) is 23.8 Å². The lowest BCUT2D eigenvalue weighted by atomic mass is 9.76. The number of benzene rings is 3. The van der Waals surface area contributed by atoms with Gasteiger partial charge in [0.15, 0.2) is 0 Å². The van der Waals surface area contributed by atoms with Crippen molar-refractivity contribution in [3.8, 4) is 11.1 Å². The number of alkyl carbamates (subject to hydrolysis) is 1. The zero-order chi connectivity index (χ0) is 24.6. The van der Waals surface area contributed by atoms with Crippen LogP contribution in [0.15, 0.2) is 66.7 Å². The van der Waals surface area contributed by atoms with Gasteiger partial charge in [-0.2, -0.15) is 0 Å². The highest BCUT2D eigenvalue weighted by atomic mass is 19.1. The Kier molecular flexibility index (Phi) is 5.72. The number of carboxylic acid groups (broad SMARTS) is 1. The second-order valence-corrected chi connectivity index (χ2v) is 8.84. The fourth-order valence-electron chi connectivity index (χ4n) is 4.77. The van der Waals surface area contributed by atoms with Crippen molar-refractivity contribution < 1.29 is 28.6 Å². The van der Waals surface area contributed by atoms with Crippen LogP contribution in [0.25, 0.3) is 11.1 Å². The van der Waals surface area contributed by atoms with Gasteiger partial charge in [0.2, 0.25) is 5.91 Å². The number of nitrogens with one attached hydrogen (secondary N) is 2. The van der Waals surface area contributed by atoms with E-state index in [0.29, 0.717) is 19.3 Å². The van der Waals surface area contributed by atoms with E-state index in [1.54, 1.807) is 0 Å². The SMILES string of the molecule is O=C(NC1(C(=O)Nc2cc(C(=O)O)ccc2F)CCC1)OCC1c2ccccc2-c2ccccc21. The predicted octanol–water partition coefficient (Wildman–Crippen LogP) is 4.92. The molecule has 35 heavy (non-hydrogen) atoms. The highest BCUT2D eigenvalue weighted by Gasteiger charge is 2.46. The summed E-state index contributed by atoms with van der Waals surface area (Å²) in [4.78, 5) is 36.9. The Balaban J connectivity index is 1.27. The Morgan fingerprint density at radius 2 is 1.60 bits per heavy atom. The number of ether oxygens (including phenoxy) is 1. The maximum absolute atomic E-state index is 14.2. The summed E-state index contributed by atoms with van der Waals surface area (Å²) in [6.45, 7) is 0.104. The number of fused-ring (bicyclic) bond motifs is 3. The average Bonchev–Trinajstić information content (AvgIpc) is 3.15. The number of carboxylic acids is 1. The highest BCUT2D eigenvalue weighted by molar-refractivity contribution is 6.01. The molecule has 0 spiro atoms. The Morgan fingerprint density at radius 3 is 2.17 bits per heavy atom. The van der Waals surface area contributed by atoms with Crippen molar-refractivity contribution in [1.29, 1.82) is 0 Å². The van der Waals surface area contributed by atoms with E-state index in [4.69, 9.17) is 9.84 Å². The molecule has 0 atom stereocenters. The minimum absolute atomic E-state index is 0.104. The quantitative estimate of drug-likeness (QED) is 0.470. The van der Waals surface area contributed by atoms with Crippen molar-refractivity contribution in [2.45, 2.75) is 30.7 Å². The molecule has 7 nitrogen and oxygen atoms in total. The lowest BCUT2D eigenvalue weighted by molar-refractivity contribution is -0.125. The molecule has 2 amide bonds. The van der Waals surface area contributed by atoms with Gasteiger partial charge in [-0.05, 0) is 59.7 Å². The minimum atomic E-state index is -1.24. The summed E-state index contributed by atoms with van der Waals surface area (Å²) < 4.78 is 19.7. The van der Waals surface area contributed by atoms with Crippen molar-refractivity contribution >= 4 is 23.7 Å². The number of carbonyl (C=O) groups is 3. The molecule has 1 fully saturated rings. The lowest BCUT2D eigenvalue weighted by Gasteiger charge is -2.40.